The fourth-order valence-electron chi connectivity index (χ4n) is 1.42. The van der Waals surface area contributed by atoms with E-state index in [4.69, 9.17) is 5.26 Å². The first-order valence-corrected chi connectivity index (χ1v) is 4.79. The van der Waals surface area contributed by atoms with Gasteiger partial charge in [0, 0.05) is 18.1 Å². The third kappa shape index (κ3) is 1.89. The molecule has 0 bridgehead atoms. The Labute approximate surface area is 88.6 Å². The van der Waals surface area contributed by atoms with E-state index >= 15 is 0 Å². The van der Waals surface area contributed by atoms with Crippen LogP contribution in [0.2, 0.25) is 0 Å². The Balaban J connectivity index is 2.30. The first-order valence-electron chi connectivity index (χ1n) is 4.79. The Morgan fingerprint density at radius 1 is 1.33 bits per heavy atom. The second-order valence-corrected chi connectivity index (χ2v) is 3.41. The highest BCUT2D eigenvalue weighted by Crippen LogP contribution is 2.16. The number of nitriles is 1. The zero-order valence-electron chi connectivity index (χ0n) is 8.46. The fourth-order valence-corrected chi connectivity index (χ4v) is 1.42. The number of rotatable bonds is 2. The smallest absolute Gasteiger partial charge is 0.0991 e. The highest BCUT2D eigenvalue weighted by molar-refractivity contribution is 5.36. The van der Waals surface area contributed by atoms with Crippen LogP contribution in [0.25, 0.3) is 5.69 Å². The van der Waals surface area contributed by atoms with Crippen LogP contribution in [0.3, 0.4) is 0 Å². The zero-order valence-corrected chi connectivity index (χ0v) is 8.46. The molecule has 0 saturated heterocycles. The Morgan fingerprint density at radius 2 is 2.07 bits per heavy atom. The van der Waals surface area contributed by atoms with Gasteiger partial charge in [0.25, 0.3) is 0 Å². The molecule has 0 N–H and O–H groups in total. The van der Waals surface area contributed by atoms with Crippen LogP contribution >= 0.6 is 0 Å². The first kappa shape index (κ1) is 9.47. The van der Waals surface area contributed by atoms with Crippen molar-refractivity contribution in [1.29, 1.82) is 5.26 Å². The molecule has 1 heterocycles. The summed E-state index contributed by atoms with van der Waals surface area (Å²) in [6.45, 7) is 1.90. The average molecular weight is 197 g/mol. The molecule has 74 valence electrons. The monoisotopic (exact) mass is 197 g/mol. The summed E-state index contributed by atoms with van der Waals surface area (Å²) in [6.07, 6.45) is 5.39. The van der Waals surface area contributed by atoms with Crippen molar-refractivity contribution in [1.82, 2.24) is 9.55 Å². The first-order chi connectivity index (χ1) is 7.31. The van der Waals surface area contributed by atoms with E-state index in [1.165, 1.54) is 0 Å². The fraction of sp³-hybridized carbons (Fsp3) is 0.167. The SMILES string of the molecule is CC(C#N)c1ccc(-n2ccnc2)cc1. The second-order valence-electron chi connectivity index (χ2n) is 3.41. The summed E-state index contributed by atoms with van der Waals surface area (Å²) in [7, 11) is 0. The van der Waals surface area contributed by atoms with E-state index in [-0.39, 0.29) is 5.92 Å². The van der Waals surface area contributed by atoms with Crippen molar-refractivity contribution in [3.63, 3.8) is 0 Å². The van der Waals surface area contributed by atoms with Crippen LogP contribution in [-0.4, -0.2) is 9.55 Å². The lowest BCUT2D eigenvalue weighted by molar-refractivity contribution is 0.974. The molecule has 1 aromatic carbocycles. The molecule has 0 radical (unpaired) electrons. The standard InChI is InChI=1S/C12H11N3/c1-10(8-13)11-2-4-12(5-3-11)15-7-6-14-9-15/h2-7,9-10H,1H3. The van der Waals surface area contributed by atoms with Gasteiger partial charge in [-0.2, -0.15) is 5.26 Å². The van der Waals surface area contributed by atoms with Gasteiger partial charge in [0.2, 0.25) is 0 Å². The summed E-state index contributed by atoms with van der Waals surface area (Å²) in [5, 5.41) is 8.78. The molecule has 15 heavy (non-hydrogen) atoms. The number of aromatic nitrogens is 2. The van der Waals surface area contributed by atoms with Gasteiger partial charge in [0.05, 0.1) is 18.3 Å². The molecular formula is C12H11N3. The molecule has 2 aromatic rings. The van der Waals surface area contributed by atoms with Crippen LogP contribution < -0.4 is 0 Å². The van der Waals surface area contributed by atoms with Gasteiger partial charge >= 0.3 is 0 Å². The Kier molecular flexibility index (Phi) is 2.51. The minimum Gasteiger partial charge on any atom is -0.306 e. The molecule has 1 atom stereocenters. The topological polar surface area (TPSA) is 41.6 Å². The van der Waals surface area contributed by atoms with Crippen LogP contribution in [0, 0.1) is 11.3 Å². The number of hydrogen-bond donors (Lipinski definition) is 0. The zero-order chi connectivity index (χ0) is 10.7. The maximum Gasteiger partial charge on any atom is 0.0991 e. The van der Waals surface area contributed by atoms with E-state index in [2.05, 4.69) is 11.1 Å². The summed E-state index contributed by atoms with van der Waals surface area (Å²) in [5.74, 6) is -0.0539. The predicted molar refractivity (Wildman–Crippen MR) is 57.6 cm³/mol. The van der Waals surface area contributed by atoms with Gasteiger partial charge < -0.3 is 4.57 Å². The van der Waals surface area contributed by atoms with Gasteiger partial charge in [-0.05, 0) is 24.6 Å². The summed E-state index contributed by atoms with van der Waals surface area (Å²) in [4.78, 5) is 3.98. The van der Waals surface area contributed by atoms with Gasteiger partial charge in [0.15, 0.2) is 0 Å². The van der Waals surface area contributed by atoms with Crippen molar-refractivity contribution in [3.05, 3.63) is 48.5 Å². The maximum absolute atomic E-state index is 8.78. The number of imidazole rings is 1. The minimum absolute atomic E-state index is 0.0539. The molecule has 0 aliphatic rings. The molecule has 0 amide bonds. The normalized spacial score (nSPS) is 12.0. The van der Waals surface area contributed by atoms with E-state index in [9.17, 15) is 0 Å². The Hall–Kier alpha value is -2.08. The van der Waals surface area contributed by atoms with Crippen molar-refractivity contribution in [3.8, 4) is 11.8 Å². The van der Waals surface area contributed by atoms with Gasteiger partial charge in [-0.1, -0.05) is 12.1 Å². The summed E-state index contributed by atoms with van der Waals surface area (Å²) in [6, 6.07) is 10.1. The number of nitrogens with zero attached hydrogens (tertiary/aromatic N) is 3. The van der Waals surface area contributed by atoms with Gasteiger partial charge in [-0.3, -0.25) is 0 Å². The molecule has 0 spiro atoms. The Morgan fingerprint density at radius 3 is 2.60 bits per heavy atom. The van der Waals surface area contributed by atoms with E-state index < -0.39 is 0 Å². The maximum atomic E-state index is 8.78. The largest absolute Gasteiger partial charge is 0.306 e. The van der Waals surface area contributed by atoms with Crippen LogP contribution in [-0.2, 0) is 0 Å². The molecule has 3 nitrogen and oxygen atoms in total. The molecule has 0 saturated carbocycles. The summed E-state index contributed by atoms with van der Waals surface area (Å²) >= 11 is 0. The third-order valence-corrected chi connectivity index (χ3v) is 2.39. The highest BCUT2D eigenvalue weighted by Gasteiger charge is 2.03. The average Bonchev–Trinajstić information content (AvgIpc) is 2.82. The Bertz CT molecular complexity index is 463. The minimum atomic E-state index is -0.0539. The quantitative estimate of drug-likeness (QED) is 0.742. The molecule has 1 aromatic heterocycles. The van der Waals surface area contributed by atoms with Crippen molar-refractivity contribution >= 4 is 0 Å². The lowest BCUT2D eigenvalue weighted by Gasteiger charge is -2.05. The second kappa shape index (κ2) is 3.97. The van der Waals surface area contributed by atoms with Crippen molar-refractivity contribution in [2.24, 2.45) is 0 Å². The summed E-state index contributed by atoms with van der Waals surface area (Å²) in [5.41, 5.74) is 2.10. The van der Waals surface area contributed by atoms with E-state index in [1.54, 1.807) is 12.5 Å². The van der Waals surface area contributed by atoms with E-state index in [0.29, 0.717) is 0 Å². The van der Waals surface area contributed by atoms with Crippen LogP contribution in [0.1, 0.15) is 18.4 Å². The molecule has 0 aliphatic heterocycles. The van der Waals surface area contributed by atoms with Crippen LogP contribution in [0.4, 0.5) is 0 Å². The number of benzene rings is 1. The van der Waals surface area contributed by atoms with Crippen molar-refractivity contribution in [2.45, 2.75) is 12.8 Å². The molecule has 1 unspecified atom stereocenters. The van der Waals surface area contributed by atoms with Crippen LogP contribution in [0.5, 0.6) is 0 Å². The third-order valence-electron chi connectivity index (χ3n) is 2.39. The number of hydrogen-bond acceptors (Lipinski definition) is 2. The highest BCUT2D eigenvalue weighted by atomic mass is 15.0. The van der Waals surface area contributed by atoms with Crippen LogP contribution in [0.15, 0.2) is 43.0 Å². The molecule has 3 heteroatoms. The van der Waals surface area contributed by atoms with Gasteiger partial charge in [0.1, 0.15) is 0 Å². The lowest BCUT2D eigenvalue weighted by Crippen LogP contribution is -1.92. The van der Waals surface area contributed by atoms with Crippen molar-refractivity contribution in [2.75, 3.05) is 0 Å². The molecular weight excluding hydrogens is 186 g/mol. The lowest BCUT2D eigenvalue weighted by atomic mass is 10.0. The van der Waals surface area contributed by atoms with E-state index in [1.807, 2.05) is 42.0 Å². The molecule has 2 rings (SSSR count). The predicted octanol–water partition coefficient (Wildman–Crippen LogP) is 2.50. The molecule has 0 aliphatic carbocycles. The van der Waals surface area contributed by atoms with Crippen molar-refractivity contribution < 1.29 is 0 Å². The van der Waals surface area contributed by atoms with Gasteiger partial charge in [-0.25, -0.2) is 4.98 Å². The van der Waals surface area contributed by atoms with Gasteiger partial charge in [-0.15, -0.1) is 0 Å². The summed E-state index contributed by atoms with van der Waals surface area (Å²) < 4.78 is 1.93. The molecule has 0 fully saturated rings. The van der Waals surface area contributed by atoms with E-state index in [0.717, 1.165) is 11.3 Å².